The Bertz CT molecular complexity index is 531. The van der Waals surface area contributed by atoms with Gasteiger partial charge in [-0.05, 0) is 43.8 Å². The molecule has 3 unspecified atom stereocenters. The highest BCUT2D eigenvalue weighted by atomic mass is 16.6. The lowest BCUT2D eigenvalue weighted by atomic mass is 9.64. The van der Waals surface area contributed by atoms with Gasteiger partial charge in [-0.15, -0.1) is 0 Å². The summed E-state index contributed by atoms with van der Waals surface area (Å²) in [7, 11) is 0. The first-order chi connectivity index (χ1) is 9.89. The van der Waals surface area contributed by atoms with Crippen LogP contribution in [0.1, 0.15) is 66.2 Å². The molecule has 3 atom stereocenters. The fraction of sp³-hybridized carbons (Fsp3) is 0.722. The molecule has 116 valence electrons. The number of carbonyl (C=O) groups is 1. The van der Waals surface area contributed by atoms with Gasteiger partial charge in [0.1, 0.15) is 5.60 Å². The van der Waals surface area contributed by atoms with E-state index in [2.05, 4.69) is 26.8 Å². The Balaban J connectivity index is 1.92. The highest BCUT2D eigenvalue weighted by Crippen LogP contribution is 2.59. The second kappa shape index (κ2) is 4.89. The molecule has 0 aromatic carbocycles. The lowest BCUT2D eigenvalue weighted by molar-refractivity contribution is -0.165. The standard InChI is InChI=1S/C18H26O3/c1-5-13-6-7-14-15-8-11-18(4,21-12(2)19)17(15,3)10-9-16(14)20-13/h8,13H,5-7,9-11H2,1-4H3. The van der Waals surface area contributed by atoms with Crippen molar-refractivity contribution in [1.29, 1.82) is 0 Å². The molecule has 1 aliphatic heterocycles. The van der Waals surface area contributed by atoms with E-state index in [9.17, 15) is 4.79 Å². The van der Waals surface area contributed by atoms with Gasteiger partial charge in [0.25, 0.3) is 0 Å². The second-order valence-electron chi connectivity index (χ2n) is 7.07. The van der Waals surface area contributed by atoms with E-state index >= 15 is 0 Å². The molecule has 0 saturated heterocycles. The number of carbonyl (C=O) groups excluding carboxylic acids is 1. The molecular weight excluding hydrogens is 264 g/mol. The van der Waals surface area contributed by atoms with Gasteiger partial charge in [-0.2, -0.15) is 0 Å². The number of fused-ring (bicyclic) bond motifs is 2. The summed E-state index contributed by atoms with van der Waals surface area (Å²) in [4.78, 5) is 11.5. The van der Waals surface area contributed by atoms with Crippen LogP contribution in [0.25, 0.3) is 0 Å². The summed E-state index contributed by atoms with van der Waals surface area (Å²) in [5.41, 5.74) is 2.29. The number of rotatable bonds is 2. The third-order valence-corrected chi connectivity index (χ3v) is 5.82. The second-order valence-corrected chi connectivity index (χ2v) is 7.07. The topological polar surface area (TPSA) is 35.5 Å². The molecular formula is C18H26O3. The molecule has 0 N–H and O–H groups in total. The molecule has 0 bridgehead atoms. The highest BCUT2D eigenvalue weighted by molar-refractivity contribution is 5.67. The number of allylic oxidation sites excluding steroid dienone is 2. The van der Waals surface area contributed by atoms with Crippen molar-refractivity contribution in [3.63, 3.8) is 0 Å². The SMILES string of the molecule is CCC1CCC2=C(CCC3(C)C2=CCC3(C)OC(C)=O)O1. The van der Waals surface area contributed by atoms with Crippen molar-refractivity contribution < 1.29 is 14.3 Å². The smallest absolute Gasteiger partial charge is 0.303 e. The zero-order valence-corrected chi connectivity index (χ0v) is 13.6. The summed E-state index contributed by atoms with van der Waals surface area (Å²) >= 11 is 0. The van der Waals surface area contributed by atoms with E-state index in [1.807, 2.05) is 0 Å². The van der Waals surface area contributed by atoms with Gasteiger partial charge in [0.05, 0.1) is 11.9 Å². The van der Waals surface area contributed by atoms with Gasteiger partial charge < -0.3 is 9.47 Å². The molecule has 1 heterocycles. The monoisotopic (exact) mass is 290 g/mol. The Hall–Kier alpha value is -1.25. The molecule has 3 nitrogen and oxygen atoms in total. The maximum absolute atomic E-state index is 11.5. The van der Waals surface area contributed by atoms with Crippen LogP contribution in [0.5, 0.6) is 0 Å². The zero-order valence-electron chi connectivity index (χ0n) is 13.6. The van der Waals surface area contributed by atoms with Crippen molar-refractivity contribution in [2.24, 2.45) is 5.41 Å². The normalized spacial score (nSPS) is 38.3. The van der Waals surface area contributed by atoms with Crippen LogP contribution in [0, 0.1) is 5.41 Å². The van der Waals surface area contributed by atoms with Crippen LogP contribution in [0.4, 0.5) is 0 Å². The fourth-order valence-corrected chi connectivity index (χ4v) is 4.28. The molecule has 0 aromatic rings. The predicted octanol–water partition coefficient (Wildman–Crippen LogP) is 4.28. The Morgan fingerprint density at radius 3 is 2.86 bits per heavy atom. The molecule has 0 spiro atoms. The van der Waals surface area contributed by atoms with Crippen LogP contribution in [0.15, 0.2) is 23.0 Å². The minimum atomic E-state index is -0.408. The third kappa shape index (κ3) is 2.13. The molecule has 3 rings (SSSR count). The van der Waals surface area contributed by atoms with Crippen LogP contribution in [-0.2, 0) is 14.3 Å². The fourth-order valence-electron chi connectivity index (χ4n) is 4.28. The quantitative estimate of drug-likeness (QED) is 0.712. The van der Waals surface area contributed by atoms with Crippen LogP contribution >= 0.6 is 0 Å². The predicted molar refractivity (Wildman–Crippen MR) is 81.6 cm³/mol. The van der Waals surface area contributed by atoms with Gasteiger partial charge in [-0.25, -0.2) is 0 Å². The van der Waals surface area contributed by atoms with Gasteiger partial charge in [-0.3, -0.25) is 4.79 Å². The zero-order chi connectivity index (χ0) is 15.3. The Kier molecular flexibility index (Phi) is 3.42. The van der Waals surface area contributed by atoms with Crippen LogP contribution in [0.3, 0.4) is 0 Å². The molecule has 0 amide bonds. The Labute approximate surface area is 127 Å². The van der Waals surface area contributed by atoms with Crippen molar-refractivity contribution in [1.82, 2.24) is 0 Å². The minimum absolute atomic E-state index is 0.0695. The molecule has 0 saturated carbocycles. The van der Waals surface area contributed by atoms with Crippen molar-refractivity contribution in [2.75, 3.05) is 0 Å². The lowest BCUT2D eigenvalue weighted by Gasteiger charge is -2.47. The summed E-state index contributed by atoms with van der Waals surface area (Å²) < 4.78 is 11.9. The molecule has 21 heavy (non-hydrogen) atoms. The summed E-state index contributed by atoms with van der Waals surface area (Å²) in [6, 6.07) is 0. The van der Waals surface area contributed by atoms with Crippen LogP contribution < -0.4 is 0 Å². The Morgan fingerprint density at radius 1 is 1.43 bits per heavy atom. The van der Waals surface area contributed by atoms with Crippen LogP contribution in [-0.4, -0.2) is 17.7 Å². The molecule has 2 aliphatic carbocycles. The van der Waals surface area contributed by atoms with E-state index in [0.29, 0.717) is 6.10 Å². The van der Waals surface area contributed by atoms with Crippen molar-refractivity contribution >= 4 is 5.97 Å². The first kappa shape index (κ1) is 14.7. The van der Waals surface area contributed by atoms with Crippen LogP contribution in [0.2, 0.25) is 0 Å². The highest BCUT2D eigenvalue weighted by Gasteiger charge is 2.55. The number of ether oxygens (including phenoxy) is 2. The molecule has 0 radical (unpaired) electrons. The molecule has 3 heteroatoms. The summed E-state index contributed by atoms with van der Waals surface area (Å²) in [5, 5.41) is 0. The first-order valence-corrected chi connectivity index (χ1v) is 8.19. The summed E-state index contributed by atoms with van der Waals surface area (Å²) in [6.45, 7) is 8.04. The average Bonchev–Trinajstić information content (AvgIpc) is 2.70. The third-order valence-electron chi connectivity index (χ3n) is 5.82. The summed E-state index contributed by atoms with van der Waals surface area (Å²) in [6.07, 6.45) is 8.74. The first-order valence-electron chi connectivity index (χ1n) is 8.19. The van der Waals surface area contributed by atoms with E-state index in [1.54, 1.807) is 0 Å². The lowest BCUT2D eigenvalue weighted by Crippen LogP contribution is -2.47. The number of hydrogen-bond acceptors (Lipinski definition) is 3. The maximum Gasteiger partial charge on any atom is 0.303 e. The van der Waals surface area contributed by atoms with E-state index in [4.69, 9.17) is 9.47 Å². The van der Waals surface area contributed by atoms with E-state index in [1.165, 1.54) is 23.8 Å². The average molecular weight is 290 g/mol. The summed E-state index contributed by atoms with van der Waals surface area (Å²) in [5.74, 6) is 1.02. The Morgan fingerprint density at radius 2 is 2.19 bits per heavy atom. The van der Waals surface area contributed by atoms with E-state index in [0.717, 1.165) is 38.5 Å². The van der Waals surface area contributed by atoms with Crippen molar-refractivity contribution in [3.05, 3.63) is 23.0 Å². The molecule has 0 aromatic heterocycles. The molecule has 0 fully saturated rings. The van der Waals surface area contributed by atoms with Gasteiger partial charge in [0.2, 0.25) is 0 Å². The van der Waals surface area contributed by atoms with Crippen molar-refractivity contribution in [3.8, 4) is 0 Å². The van der Waals surface area contributed by atoms with Crippen molar-refractivity contribution in [2.45, 2.75) is 77.9 Å². The minimum Gasteiger partial charge on any atom is -0.494 e. The maximum atomic E-state index is 11.5. The number of esters is 1. The largest absolute Gasteiger partial charge is 0.494 e. The van der Waals surface area contributed by atoms with Gasteiger partial charge >= 0.3 is 5.97 Å². The molecule has 3 aliphatic rings. The van der Waals surface area contributed by atoms with Gasteiger partial charge in [0.15, 0.2) is 0 Å². The van der Waals surface area contributed by atoms with E-state index in [-0.39, 0.29) is 11.4 Å². The van der Waals surface area contributed by atoms with Gasteiger partial charge in [-0.1, -0.05) is 19.9 Å². The number of hydrogen-bond donors (Lipinski definition) is 0. The van der Waals surface area contributed by atoms with E-state index < -0.39 is 5.60 Å². The van der Waals surface area contributed by atoms with Gasteiger partial charge in [0, 0.05) is 25.2 Å².